The molecule has 1 aromatic carbocycles. The van der Waals surface area contributed by atoms with Gasteiger partial charge in [0.1, 0.15) is 17.2 Å². The molecule has 0 radical (unpaired) electrons. The zero-order valence-electron chi connectivity index (χ0n) is 32.9. The van der Waals surface area contributed by atoms with Crippen LogP contribution in [0.4, 0.5) is 13.6 Å². The van der Waals surface area contributed by atoms with E-state index in [9.17, 15) is 23.5 Å². The number of methoxy groups -OCH3 is 1. The molecule has 1 aliphatic heterocycles. The van der Waals surface area contributed by atoms with Gasteiger partial charge in [-0.25, -0.2) is 18.6 Å². The second-order valence-corrected chi connectivity index (χ2v) is 21.0. The molecule has 3 aromatic rings. The van der Waals surface area contributed by atoms with Crippen molar-refractivity contribution in [1.82, 2.24) is 20.2 Å². The van der Waals surface area contributed by atoms with Gasteiger partial charge in [0.05, 0.1) is 55.5 Å². The molecular formula is C40H56F2N4O7Si. The number of halogens is 2. The van der Waals surface area contributed by atoms with E-state index in [1.807, 2.05) is 0 Å². The molecule has 0 bridgehead atoms. The van der Waals surface area contributed by atoms with Gasteiger partial charge in [-0.05, 0) is 87.6 Å². The number of fused-ring (bicyclic) bond motifs is 1. The number of ether oxygens (including phenoxy) is 3. The topological polar surface area (TPSA) is 132 Å². The van der Waals surface area contributed by atoms with Crippen molar-refractivity contribution in [2.24, 2.45) is 0 Å². The first-order chi connectivity index (χ1) is 25.3. The number of amides is 2. The van der Waals surface area contributed by atoms with Crippen LogP contribution in [0.15, 0.2) is 48.7 Å². The van der Waals surface area contributed by atoms with Crippen LogP contribution >= 0.6 is 0 Å². The molecule has 3 heterocycles. The van der Waals surface area contributed by atoms with E-state index in [1.165, 1.54) is 18.1 Å². The number of pyridine rings is 2. The molecule has 0 unspecified atom stereocenters. The average molecular weight is 771 g/mol. The first kappa shape index (κ1) is 42.8. The Morgan fingerprint density at radius 2 is 1.85 bits per heavy atom. The fourth-order valence-electron chi connectivity index (χ4n) is 5.99. The lowest BCUT2D eigenvalue weighted by Gasteiger charge is -2.43. The van der Waals surface area contributed by atoms with E-state index >= 15 is 0 Å². The third kappa shape index (κ3) is 11.8. The monoisotopic (exact) mass is 770 g/mol. The van der Waals surface area contributed by atoms with E-state index in [4.69, 9.17) is 18.6 Å². The molecule has 54 heavy (non-hydrogen) atoms. The van der Waals surface area contributed by atoms with Crippen molar-refractivity contribution in [3.63, 3.8) is 0 Å². The number of nitrogens with zero attached hydrogens (tertiary/aromatic N) is 3. The highest BCUT2D eigenvalue weighted by Crippen LogP contribution is 2.36. The molecule has 0 aliphatic carbocycles. The van der Waals surface area contributed by atoms with Gasteiger partial charge in [0.2, 0.25) is 11.8 Å². The van der Waals surface area contributed by atoms with E-state index in [2.05, 4.69) is 49.1 Å². The van der Waals surface area contributed by atoms with E-state index in [1.54, 1.807) is 51.2 Å². The van der Waals surface area contributed by atoms with Crippen LogP contribution in [-0.2, 0) is 25.1 Å². The summed E-state index contributed by atoms with van der Waals surface area (Å²) >= 11 is 0. The lowest BCUT2D eigenvalue weighted by molar-refractivity contribution is -0.148. The highest BCUT2D eigenvalue weighted by molar-refractivity contribution is 6.74. The van der Waals surface area contributed by atoms with E-state index < -0.39 is 56.0 Å². The zero-order valence-corrected chi connectivity index (χ0v) is 33.9. The number of hydrogen-bond acceptors (Lipinski definition) is 9. The largest absolute Gasteiger partial charge is 0.481 e. The summed E-state index contributed by atoms with van der Waals surface area (Å²) in [5.41, 5.74) is 1.17. The van der Waals surface area contributed by atoms with Gasteiger partial charge in [0, 0.05) is 37.3 Å². The molecule has 1 aliphatic rings. The standard InChI is InChI=1S/C40H56F2N4O7Si/c1-39(2,3)53-38(49)46(21-10-11-26-23-28(41)12-13-29(26)42)31-15-16-33(32(47)24-27-18-19-43-30-14-17-36(50-7)45-37(27)30)52-34(31)25-35(48)44-20-22-51-54(8,9)40(4,5)6/h10-14,17-19,23,31-34,47H,15-16,20-22,24-25H2,1-9H3,(H,44,48)/b11-10+/t31-,32+,33+,34-/m1/s1. The number of aliphatic hydroxyl groups excluding tert-OH is 1. The van der Waals surface area contributed by atoms with Gasteiger partial charge in [-0.1, -0.05) is 32.9 Å². The lowest BCUT2D eigenvalue weighted by Crippen LogP contribution is -2.55. The maximum absolute atomic E-state index is 14.5. The van der Waals surface area contributed by atoms with Crippen molar-refractivity contribution in [3.8, 4) is 5.88 Å². The lowest BCUT2D eigenvalue weighted by atomic mass is 9.90. The molecule has 2 amide bonds. The Morgan fingerprint density at radius 1 is 1.11 bits per heavy atom. The summed E-state index contributed by atoms with van der Waals surface area (Å²) in [6, 6.07) is 7.78. The molecule has 1 saturated heterocycles. The Labute approximate surface area is 318 Å². The minimum atomic E-state index is -2.03. The number of carbonyl (C=O) groups is 2. The maximum atomic E-state index is 14.5. The van der Waals surface area contributed by atoms with Gasteiger partial charge in [-0.2, -0.15) is 0 Å². The predicted octanol–water partition coefficient (Wildman–Crippen LogP) is 7.21. The predicted molar refractivity (Wildman–Crippen MR) is 207 cm³/mol. The van der Waals surface area contributed by atoms with Crippen molar-refractivity contribution in [2.45, 2.75) is 115 Å². The quantitative estimate of drug-likeness (QED) is 0.129. The second kappa shape index (κ2) is 18.1. The molecule has 11 nitrogen and oxygen atoms in total. The Balaban J connectivity index is 1.58. The van der Waals surface area contributed by atoms with Crippen molar-refractivity contribution in [2.75, 3.05) is 26.8 Å². The first-order valence-electron chi connectivity index (χ1n) is 18.4. The minimum Gasteiger partial charge on any atom is -0.481 e. The van der Waals surface area contributed by atoms with Crippen LogP contribution in [-0.4, -0.2) is 97.1 Å². The van der Waals surface area contributed by atoms with Gasteiger partial charge in [0.15, 0.2) is 8.32 Å². The molecule has 4 atom stereocenters. The third-order valence-electron chi connectivity index (χ3n) is 9.90. The van der Waals surface area contributed by atoms with Crippen molar-refractivity contribution in [3.05, 3.63) is 71.4 Å². The number of rotatable bonds is 14. The molecule has 2 aromatic heterocycles. The average Bonchev–Trinajstić information content (AvgIpc) is 3.09. The SMILES string of the molecule is COc1ccc2nccc(C[C@H](O)[C@@H]3CC[C@@H](N(C/C=C/c4cc(F)ccc4F)C(=O)OC(C)(C)C)[C@@H](CC(=O)NCCO[Si](C)(C)C(C)(C)C)O3)c2n1. The fourth-order valence-corrected chi connectivity index (χ4v) is 7.04. The van der Waals surface area contributed by atoms with Crippen LogP contribution in [0.3, 0.4) is 0 Å². The maximum Gasteiger partial charge on any atom is 0.410 e. The van der Waals surface area contributed by atoms with Crippen LogP contribution in [0.1, 0.15) is 71.9 Å². The molecule has 4 rings (SSSR count). The molecular weight excluding hydrogens is 715 g/mol. The summed E-state index contributed by atoms with van der Waals surface area (Å²) in [7, 11) is -0.500. The van der Waals surface area contributed by atoms with E-state index in [-0.39, 0.29) is 42.4 Å². The van der Waals surface area contributed by atoms with E-state index in [0.717, 1.165) is 23.8 Å². The highest BCUT2D eigenvalue weighted by atomic mass is 28.4. The van der Waals surface area contributed by atoms with Crippen LogP contribution < -0.4 is 10.1 Å². The fraction of sp³-hybridized carbons (Fsp3) is 0.550. The zero-order chi connectivity index (χ0) is 39.8. The van der Waals surface area contributed by atoms with Crippen LogP contribution in [0, 0.1) is 11.6 Å². The number of hydrogen-bond donors (Lipinski definition) is 2. The van der Waals surface area contributed by atoms with Gasteiger partial charge in [0.25, 0.3) is 0 Å². The van der Waals surface area contributed by atoms with E-state index in [0.29, 0.717) is 36.4 Å². The van der Waals surface area contributed by atoms with Gasteiger partial charge < -0.3 is 29.1 Å². The van der Waals surface area contributed by atoms with Crippen molar-refractivity contribution < 1.29 is 42.1 Å². The molecule has 2 N–H and O–H groups in total. The molecule has 14 heteroatoms. The van der Waals surface area contributed by atoms with Crippen LogP contribution in [0.2, 0.25) is 18.1 Å². The van der Waals surface area contributed by atoms with Gasteiger partial charge in [-0.3, -0.25) is 14.7 Å². The summed E-state index contributed by atoms with van der Waals surface area (Å²) in [4.78, 5) is 37.6. The third-order valence-corrected chi connectivity index (χ3v) is 14.4. The number of aliphatic hydroxyl groups is 1. The number of benzene rings is 1. The highest BCUT2D eigenvalue weighted by Gasteiger charge is 2.41. The summed E-state index contributed by atoms with van der Waals surface area (Å²) < 4.78 is 52.2. The number of aromatic nitrogens is 2. The van der Waals surface area contributed by atoms with Gasteiger partial charge in [-0.15, -0.1) is 0 Å². The number of nitrogens with one attached hydrogen (secondary N) is 1. The molecule has 0 spiro atoms. The van der Waals surface area contributed by atoms with Crippen molar-refractivity contribution >= 4 is 37.4 Å². The smallest absolute Gasteiger partial charge is 0.410 e. The van der Waals surface area contributed by atoms with Gasteiger partial charge >= 0.3 is 6.09 Å². The Hall–Kier alpha value is -3.98. The summed E-state index contributed by atoms with van der Waals surface area (Å²) in [5, 5.41) is 14.5. The number of carbonyl (C=O) groups excluding carboxylic acids is 2. The van der Waals surface area contributed by atoms with Crippen LogP contribution in [0.25, 0.3) is 17.1 Å². The Morgan fingerprint density at radius 3 is 2.54 bits per heavy atom. The molecule has 296 valence electrons. The second-order valence-electron chi connectivity index (χ2n) is 16.2. The minimum absolute atomic E-state index is 0.0146. The summed E-state index contributed by atoms with van der Waals surface area (Å²) in [6.45, 7) is 16.6. The summed E-state index contributed by atoms with van der Waals surface area (Å²) in [5.74, 6) is -1.10. The molecule has 0 saturated carbocycles. The molecule has 1 fully saturated rings. The Bertz CT molecular complexity index is 1780. The first-order valence-corrected chi connectivity index (χ1v) is 21.3. The summed E-state index contributed by atoms with van der Waals surface area (Å²) in [6.07, 6.45) is 2.21. The Kier molecular flexibility index (Phi) is 14.3. The van der Waals surface area contributed by atoms with Crippen molar-refractivity contribution in [1.29, 1.82) is 0 Å². The normalized spacial score (nSPS) is 18.8. The van der Waals surface area contributed by atoms with Crippen LogP contribution in [0.5, 0.6) is 5.88 Å².